The van der Waals surface area contributed by atoms with Crippen LogP contribution in [0.25, 0.3) is 5.70 Å². The Kier molecular flexibility index (Phi) is 8.41. The molecule has 0 spiro atoms. The van der Waals surface area contributed by atoms with E-state index in [4.69, 9.17) is 16.4 Å². The van der Waals surface area contributed by atoms with Crippen molar-refractivity contribution in [2.75, 3.05) is 33.2 Å². The van der Waals surface area contributed by atoms with Crippen molar-refractivity contribution in [3.05, 3.63) is 63.7 Å². The molecule has 0 amide bonds. The van der Waals surface area contributed by atoms with Crippen LogP contribution < -0.4 is 10.8 Å². The van der Waals surface area contributed by atoms with Crippen LogP contribution in [0.5, 0.6) is 0 Å². The number of hydrogen-bond acceptors (Lipinski definition) is 5. The summed E-state index contributed by atoms with van der Waals surface area (Å²) in [4.78, 5) is 10.2. The van der Waals surface area contributed by atoms with Gasteiger partial charge in [0.1, 0.15) is 11.6 Å². The number of rotatable bonds is 8. The van der Waals surface area contributed by atoms with Crippen molar-refractivity contribution < 1.29 is 9.23 Å². The first-order valence-electron chi connectivity index (χ1n) is 11.0. The highest BCUT2D eigenvalue weighted by Gasteiger charge is 2.24. The minimum absolute atomic E-state index is 0.105. The van der Waals surface area contributed by atoms with Crippen LogP contribution in [0.3, 0.4) is 0 Å². The van der Waals surface area contributed by atoms with Crippen LogP contribution in [0.4, 0.5) is 4.39 Å². The smallest absolute Gasteiger partial charge is 0.130 e. The maximum atomic E-state index is 15.2. The molecule has 0 aliphatic carbocycles. The molecule has 2 aliphatic rings. The van der Waals surface area contributed by atoms with E-state index in [0.29, 0.717) is 22.7 Å². The van der Waals surface area contributed by atoms with Gasteiger partial charge in [0.05, 0.1) is 11.8 Å². The van der Waals surface area contributed by atoms with Crippen LogP contribution >= 0.6 is 11.6 Å². The molecule has 0 bridgehead atoms. The second-order valence-corrected chi connectivity index (χ2v) is 8.74. The fraction of sp³-hybridized carbons (Fsp3) is 0.500. The third-order valence-corrected chi connectivity index (χ3v) is 6.00. The van der Waals surface area contributed by atoms with Crippen LogP contribution in [0.1, 0.15) is 44.7 Å². The number of benzene rings is 1. The van der Waals surface area contributed by atoms with Crippen molar-refractivity contribution in [3.63, 3.8) is 0 Å². The van der Waals surface area contributed by atoms with Gasteiger partial charge in [-0.25, -0.2) is 4.39 Å². The number of likely N-dealkylation sites (N-methyl/N-ethyl adjacent to an activating group) is 1. The SMILES string of the molecule is CC/C=C/C=C1\N(C)CCN1Cc1c(F)cc(C(NOC2CCNC2)=C(C)C)cc1Cl. The molecule has 1 unspecified atom stereocenters. The fourth-order valence-electron chi connectivity index (χ4n) is 3.83. The Morgan fingerprint density at radius 1 is 1.35 bits per heavy atom. The lowest BCUT2D eigenvalue weighted by Crippen LogP contribution is -2.25. The summed E-state index contributed by atoms with van der Waals surface area (Å²) in [6.45, 7) is 9.98. The Labute approximate surface area is 190 Å². The molecule has 0 saturated carbocycles. The van der Waals surface area contributed by atoms with E-state index in [1.807, 2.05) is 19.9 Å². The van der Waals surface area contributed by atoms with Gasteiger partial charge < -0.3 is 15.1 Å². The lowest BCUT2D eigenvalue weighted by molar-refractivity contribution is 0.0169. The third-order valence-electron chi connectivity index (χ3n) is 5.66. The zero-order valence-corrected chi connectivity index (χ0v) is 19.7. The minimum Gasteiger partial charge on any atom is -0.360 e. The van der Waals surface area contributed by atoms with Gasteiger partial charge in [-0.2, -0.15) is 0 Å². The zero-order valence-electron chi connectivity index (χ0n) is 19.0. The van der Waals surface area contributed by atoms with Crippen LogP contribution in [0.2, 0.25) is 5.02 Å². The van der Waals surface area contributed by atoms with E-state index in [9.17, 15) is 0 Å². The summed E-state index contributed by atoms with van der Waals surface area (Å²) >= 11 is 6.59. The highest BCUT2D eigenvalue weighted by molar-refractivity contribution is 6.31. The standard InChI is InChI=1S/C24H34ClFN4O/c1-5-6-7-8-23-29(4)11-12-30(23)16-20-21(25)13-18(14-22(20)26)24(17(2)3)28-31-19-9-10-27-15-19/h6-8,13-14,19,27-28H,5,9-12,15-16H2,1-4H3/b7-6+,23-8+. The molecule has 1 aromatic rings. The number of nitrogens with zero attached hydrogens (tertiary/aromatic N) is 2. The molecular formula is C24H34ClFN4O. The van der Waals surface area contributed by atoms with Crippen molar-refractivity contribution in [2.45, 2.75) is 46.3 Å². The van der Waals surface area contributed by atoms with Crippen molar-refractivity contribution in [3.8, 4) is 0 Å². The van der Waals surface area contributed by atoms with Gasteiger partial charge in [0.25, 0.3) is 0 Å². The number of hydrogen-bond donors (Lipinski definition) is 2. The number of nitrogens with one attached hydrogen (secondary N) is 2. The predicted molar refractivity (Wildman–Crippen MR) is 126 cm³/mol. The second kappa shape index (κ2) is 11.0. The van der Waals surface area contributed by atoms with Crippen LogP contribution in [0.15, 0.2) is 41.8 Å². The highest BCUT2D eigenvalue weighted by Crippen LogP contribution is 2.30. The molecule has 7 heteroatoms. The minimum atomic E-state index is -0.302. The Hall–Kier alpha value is -2.02. The molecule has 0 radical (unpaired) electrons. The van der Waals surface area contributed by atoms with E-state index in [-0.39, 0.29) is 11.9 Å². The van der Waals surface area contributed by atoms with E-state index in [1.54, 1.807) is 6.07 Å². The number of halogens is 2. The molecule has 2 N–H and O–H groups in total. The average molecular weight is 449 g/mol. The number of allylic oxidation sites excluding steroid dienone is 4. The maximum Gasteiger partial charge on any atom is 0.130 e. The van der Waals surface area contributed by atoms with Crippen LogP contribution in [0, 0.1) is 5.82 Å². The maximum absolute atomic E-state index is 15.2. The van der Waals surface area contributed by atoms with Gasteiger partial charge >= 0.3 is 0 Å². The number of hydroxylamine groups is 1. The largest absolute Gasteiger partial charge is 0.360 e. The normalized spacial score (nSPS) is 20.3. The molecule has 2 heterocycles. The first-order chi connectivity index (χ1) is 14.9. The van der Waals surface area contributed by atoms with E-state index >= 15 is 4.39 Å². The van der Waals surface area contributed by atoms with E-state index in [1.165, 1.54) is 0 Å². The van der Waals surface area contributed by atoms with Gasteiger partial charge in [-0.15, -0.1) is 0 Å². The van der Waals surface area contributed by atoms with Gasteiger partial charge in [0.15, 0.2) is 0 Å². The second-order valence-electron chi connectivity index (χ2n) is 8.33. The first kappa shape index (κ1) is 23.6. The van der Waals surface area contributed by atoms with Gasteiger partial charge in [0.2, 0.25) is 0 Å². The Bertz CT molecular complexity index is 834. The molecule has 31 heavy (non-hydrogen) atoms. The van der Waals surface area contributed by atoms with Crippen LogP contribution in [-0.4, -0.2) is 49.1 Å². The molecular weight excluding hydrogens is 415 g/mol. The van der Waals surface area contributed by atoms with E-state index in [2.05, 4.69) is 52.8 Å². The van der Waals surface area contributed by atoms with Gasteiger partial charge in [-0.05, 0) is 51.4 Å². The molecule has 2 saturated heterocycles. The Balaban J connectivity index is 1.78. The van der Waals surface area contributed by atoms with Crippen molar-refractivity contribution >= 4 is 17.3 Å². The molecule has 5 nitrogen and oxygen atoms in total. The predicted octanol–water partition coefficient (Wildman–Crippen LogP) is 4.67. The highest BCUT2D eigenvalue weighted by atomic mass is 35.5. The molecule has 2 aliphatic heterocycles. The van der Waals surface area contributed by atoms with Gasteiger partial charge in [0, 0.05) is 49.4 Å². The first-order valence-corrected chi connectivity index (χ1v) is 11.4. The summed E-state index contributed by atoms with van der Waals surface area (Å²) in [6.07, 6.45) is 8.28. The summed E-state index contributed by atoms with van der Waals surface area (Å²) in [5, 5.41) is 3.70. The average Bonchev–Trinajstić information content (AvgIpc) is 3.35. The molecule has 2 fully saturated rings. The topological polar surface area (TPSA) is 39.8 Å². The summed E-state index contributed by atoms with van der Waals surface area (Å²) in [7, 11) is 2.05. The van der Waals surface area contributed by atoms with E-state index < -0.39 is 0 Å². The van der Waals surface area contributed by atoms with Gasteiger partial charge in [-0.3, -0.25) is 10.3 Å². The lowest BCUT2D eigenvalue weighted by atomic mass is 10.0. The third kappa shape index (κ3) is 6.03. The van der Waals surface area contributed by atoms with Crippen molar-refractivity contribution in [2.24, 2.45) is 0 Å². The summed E-state index contributed by atoms with van der Waals surface area (Å²) in [5.74, 6) is 0.776. The zero-order chi connectivity index (χ0) is 22.4. The molecule has 0 aromatic heterocycles. The molecule has 1 atom stereocenters. The van der Waals surface area contributed by atoms with Crippen molar-refractivity contribution in [1.82, 2.24) is 20.6 Å². The summed E-state index contributed by atoms with van der Waals surface area (Å²) in [6, 6.07) is 3.37. The summed E-state index contributed by atoms with van der Waals surface area (Å²) < 4.78 is 15.2. The lowest BCUT2D eigenvalue weighted by Gasteiger charge is -2.23. The van der Waals surface area contributed by atoms with E-state index in [0.717, 1.165) is 56.1 Å². The van der Waals surface area contributed by atoms with Gasteiger partial charge in [-0.1, -0.05) is 36.2 Å². The van der Waals surface area contributed by atoms with Crippen molar-refractivity contribution in [1.29, 1.82) is 0 Å². The molecule has 3 rings (SSSR count). The quantitative estimate of drug-likeness (QED) is 0.565. The summed E-state index contributed by atoms with van der Waals surface area (Å²) in [5.41, 5.74) is 6.01. The monoisotopic (exact) mass is 448 g/mol. The molecule has 170 valence electrons. The fourth-order valence-corrected chi connectivity index (χ4v) is 4.10. The van der Waals surface area contributed by atoms with Crippen LogP contribution in [-0.2, 0) is 11.4 Å². The Morgan fingerprint density at radius 3 is 2.81 bits per heavy atom. The Morgan fingerprint density at radius 2 is 2.16 bits per heavy atom. The molecule has 1 aromatic carbocycles.